The lowest BCUT2D eigenvalue weighted by Gasteiger charge is -2.13. The number of rotatable bonds is 7. The Morgan fingerprint density at radius 1 is 1.00 bits per heavy atom. The van der Waals surface area contributed by atoms with Crippen LogP contribution in [0.5, 0.6) is 17.2 Å². The van der Waals surface area contributed by atoms with Crippen LogP contribution in [0.25, 0.3) is 0 Å². The minimum Gasteiger partial charge on any atom is -0.493 e. The number of amides is 1. The summed E-state index contributed by atoms with van der Waals surface area (Å²) < 4.78 is 15.8. The van der Waals surface area contributed by atoms with Crippen LogP contribution in [0.4, 0.5) is 0 Å². The van der Waals surface area contributed by atoms with Gasteiger partial charge >= 0.3 is 0 Å². The van der Waals surface area contributed by atoms with Crippen LogP contribution in [0.1, 0.15) is 22.8 Å². The summed E-state index contributed by atoms with van der Waals surface area (Å²) in [6, 6.07) is 13.1. The molecule has 132 valence electrons. The average Bonchev–Trinajstić information content (AvgIpc) is 2.65. The molecule has 2 aromatic carbocycles. The number of methoxy groups -OCH3 is 3. The first-order chi connectivity index (χ1) is 12.1. The van der Waals surface area contributed by atoms with Gasteiger partial charge in [-0.25, -0.2) is 5.43 Å². The summed E-state index contributed by atoms with van der Waals surface area (Å²) in [7, 11) is 4.51. The molecule has 0 fully saturated rings. The van der Waals surface area contributed by atoms with Crippen molar-refractivity contribution < 1.29 is 19.0 Å². The number of hydrazone groups is 1. The minimum absolute atomic E-state index is 0.355. The number of hydrogen-bond acceptors (Lipinski definition) is 5. The fourth-order valence-electron chi connectivity index (χ4n) is 2.35. The summed E-state index contributed by atoms with van der Waals surface area (Å²) >= 11 is 0. The second kappa shape index (κ2) is 8.73. The van der Waals surface area contributed by atoms with E-state index in [0.717, 1.165) is 11.3 Å². The monoisotopic (exact) mass is 342 g/mol. The lowest BCUT2D eigenvalue weighted by atomic mass is 10.1. The molecule has 0 spiro atoms. The summed E-state index contributed by atoms with van der Waals surface area (Å²) in [6.07, 6.45) is 0.663. The van der Waals surface area contributed by atoms with Gasteiger partial charge in [-0.1, -0.05) is 30.3 Å². The molecule has 6 heteroatoms. The molecule has 0 radical (unpaired) electrons. The molecule has 0 aliphatic carbocycles. The van der Waals surface area contributed by atoms with Crippen molar-refractivity contribution in [1.82, 2.24) is 5.43 Å². The van der Waals surface area contributed by atoms with E-state index >= 15 is 0 Å². The highest BCUT2D eigenvalue weighted by molar-refractivity contribution is 5.96. The smallest absolute Gasteiger partial charge is 0.271 e. The Hall–Kier alpha value is -3.02. The van der Waals surface area contributed by atoms with E-state index in [-0.39, 0.29) is 5.91 Å². The largest absolute Gasteiger partial charge is 0.493 e. The number of benzene rings is 2. The van der Waals surface area contributed by atoms with E-state index in [1.54, 1.807) is 12.1 Å². The zero-order chi connectivity index (χ0) is 18.2. The molecule has 0 bridgehead atoms. The van der Waals surface area contributed by atoms with Crippen molar-refractivity contribution in [1.29, 1.82) is 0 Å². The van der Waals surface area contributed by atoms with Gasteiger partial charge in [0.15, 0.2) is 11.5 Å². The molecule has 0 atom stereocenters. The lowest BCUT2D eigenvalue weighted by molar-refractivity contribution is 0.0954. The first-order valence-electron chi connectivity index (χ1n) is 7.76. The van der Waals surface area contributed by atoms with Crippen molar-refractivity contribution in [3.05, 3.63) is 53.6 Å². The zero-order valence-electron chi connectivity index (χ0n) is 14.8. The van der Waals surface area contributed by atoms with Crippen LogP contribution in [0.2, 0.25) is 0 Å². The van der Waals surface area contributed by atoms with Crippen molar-refractivity contribution in [2.75, 3.05) is 21.3 Å². The van der Waals surface area contributed by atoms with E-state index in [4.69, 9.17) is 14.2 Å². The van der Waals surface area contributed by atoms with Gasteiger partial charge in [0.2, 0.25) is 5.75 Å². The van der Waals surface area contributed by atoms with Gasteiger partial charge in [0.25, 0.3) is 5.91 Å². The Balaban J connectivity index is 2.13. The Labute approximate surface area is 147 Å². The third kappa shape index (κ3) is 4.73. The van der Waals surface area contributed by atoms with Gasteiger partial charge in [-0.05, 0) is 24.6 Å². The number of carbonyl (C=O) groups excluding carboxylic acids is 1. The fraction of sp³-hybridized carbons (Fsp3) is 0.263. The molecule has 6 nitrogen and oxygen atoms in total. The van der Waals surface area contributed by atoms with Crippen molar-refractivity contribution in [3.63, 3.8) is 0 Å². The molecule has 0 unspecified atom stereocenters. The van der Waals surface area contributed by atoms with E-state index < -0.39 is 0 Å². The SMILES string of the molecule is COc1cc(C(=O)NN=C(C)Cc2ccccc2)cc(OC)c1OC. The third-order valence-corrected chi connectivity index (χ3v) is 3.58. The van der Waals surface area contributed by atoms with E-state index in [0.29, 0.717) is 29.2 Å². The molecule has 0 aliphatic heterocycles. The molecule has 0 aliphatic rings. The van der Waals surface area contributed by atoms with Crippen LogP contribution >= 0.6 is 0 Å². The molecule has 2 rings (SSSR count). The maximum atomic E-state index is 12.4. The number of hydrogen-bond donors (Lipinski definition) is 1. The molecule has 2 aromatic rings. The summed E-state index contributed by atoms with van der Waals surface area (Å²) in [5.41, 5.74) is 4.85. The molecular formula is C19H22N2O4. The molecular weight excluding hydrogens is 320 g/mol. The molecule has 1 N–H and O–H groups in total. The van der Waals surface area contributed by atoms with Crippen molar-refractivity contribution in [2.45, 2.75) is 13.3 Å². The van der Waals surface area contributed by atoms with E-state index in [2.05, 4.69) is 10.5 Å². The number of nitrogens with zero attached hydrogens (tertiary/aromatic N) is 1. The third-order valence-electron chi connectivity index (χ3n) is 3.58. The highest BCUT2D eigenvalue weighted by atomic mass is 16.5. The van der Waals surface area contributed by atoms with Crippen LogP contribution in [0.15, 0.2) is 47.6 Å². The van der Waals surface area contributed by atoms with Crippen LogP contribution in [-0.2, 0) is 6.42 Å². The summed E-state index contributed by atoms with van der Waals surface area (Å²) in [4.78, 5) is 12.4. The van der Waals surface area contributed by atoms with Gasteiger partial charge in [0.05, 0.1) is 21.3 Å². The maximum absolute atomic E-state index is 12.4. The van der Waals surface area contributed by atoms with Crippen molar-refractivity contribution in [3.8, 4) is 17.2 Å². The topological polar surface area (TPSA) is 69.2 Å². The van der Waals surface area contributed by atoms with Gasteiger partial charge in [-0.2, -0.15) is 5.10 Å². The van der Waals surface area contributed by atoms with E-state index in [1.807, 2.05) is 37.3 Å². The lowest BCUT2D eigenvalue weighted by Crippen LogP contribution is -2.20. The molecule has 1 amide bonds. The van der Waals surface area contributed by atoms with Gasteiger partial charge in [-0.15, -0.1) is 0 Å². The Morgan fingerprint density at radius 3 is 2.12 bits per heavy atom. The minimum atomic E-state index is -0.355. The average molecular weight is 342 g/mol. The predicted molar refractivity (Wildman–Crippen MR) is 96.8 cm³/mol. The van der Waals surface area contributed by atoms with Crippen LogP contribution in [-0.4, -0.2) is 32.9 Å². The van der Waals surface area contributed by atoms with Crippen LogP contribution < -0.4 is 19.6 Å². The molecule has 25 heavy (non-hydrogen) atoms. The van der Waals surface area contributed by atoms with Crippen LogP contribution in [0.3, 0.4) is 0 Å². The van der Waals surface area contributed by atoms with Crippen molar-refractivity contribution in [2.24, 2.45) is 5.10 Å². The normalized spacial score (nSPS) is 11.0. The number of nitrogens with one attached hydrogen (secondary N) is 1. The highest BCUT2D eigenvalue weighted by Gasteiger charge is 2.16. The van der Waals surface area contributed by atoms with Gasteiger partial charge in [0, 0.05) is 17.7 Å². The standard InChI is InChI=1S/C19H22N2O4/c1-13(10-14-8-6-5-7-9-14)20-21-19(22)15-11-16(23-2)18(25-4)17(12-15)24-3/h5-9,11-12H,10H2,1-4H3,(H,21,22). The van der Waals surface area contributed by atoms with Crippen molar-refractivity contribution >= 4 is 11.6 Å². The first-order valence-corrected chi connectivity index (χ1v) is 7.76. The maximum Gasteiger partial charge on any atom is 0.271 e. The number of ether oxygens (including phenoxy) is 3. The number of carbonyl (C=O) groups is 1. The fourth-order valence-corrected chi connectivity index (χ4v) is 2.35. The Morgan fingerprint density at radius 2 is 1.60 bits per heavy atom. The summed E-state index contributed by atoms with van der Waals surface area (Å²) in [5.74, 6) is 0.908. The van der Waals surface area contributed by atoms with Gasteiger partial charge < -0.3 is 14.2 Å². The molecule has 0 saturated heterocycles. The highest BCUT2D eigenvalue weighted by Crippen LogP contribution is 2.38. The molecule has 0 heterocycles. The second-order valence-electron chi connectivity index (χ2n) is 5.36. The zero-order valence-corrected chi connectivity index (χ0v) is 14.8. The Bertz CT molecular complexity index is 732. The van der Waals surface area contributed by atoms with E-state index in [1.165, 1.54) is 21.3 Å². The Kier molecular flexibility index (Phi) is 6.39. The van der Waals surface area contributed by atoms with E-state index in [9.17, 15) is 4.79 Å². The predicted octanol–water partition coefficient (Wildman–Crippen LogP) is 3.06. The summed E-state index contributed by atoms with van der Waals surface area (Å²) in [5, 5.41) is 4.15. The second-order valence-corrected chi connectivity index (χ2v) is 5.36. The van der Waals surface area contributed by atoms with Gasteiger partial charge in [-0.3, -0.25) is 4.79 Å². The quantitative estimate of drug-likeness (QED) is 0.620. The molecule has 0 aromatic heterocycles. The molecule has 0 saturated carbocycles. The van der Waals surface area contributed by atoms with Gasteiger partial charge in [0.1, 0.15) is 0 Å². The first kappa shape index (κ1) is 18.3. The van der Waals surface area contributed by atoms with Crippen LogP contribution in [0, 0.1) is 0 Å². The summed E-state index contributed by atoms with van der Waals surface area (Å²) in [6.45, 7) is 1.86.